The third-order valence-corrected chi connectivity index (χ3v) is 2.97. The zero-order valence-electron chi connectivity index (χ0n) is 9.04. The van der Waals surface area contributed by atoms with Crippen LogP contribution < -0.4 is 0 Å². The molecule has 0 amide bonds. The number of carbonyl (C=O) groups excluding carboxylic acids is 1. The molecule has 0 spiro atoms. The number of hydrogen-bond acceptors (Lipinski definition) is 2. The van der Waals surface area contributed by atoms with Gasteiger partial charge in [-0.3, -0.25) is 4.79 Å². The van der Waals surface area contributed by atoms with Gasteiger partial charge in [-0.1, -0.05) is 49.0 Å². The Bertz CT molecular complexity index is 357. The molecule has 0 aromatic heterocycles. The average molecular weight is 261 g/mol. The summed E-state index contributed by atoms with van der Waals surface area (Å²) in [5, 5.41) is 10.3. The molecule has 2 nitrogen and oxygen atoms in total. The van der Waals surface area contributed by atoms with Crippen LogP contribution in [0.3, 0.4) is 0 Å². The minimum atomic E-state index is -1.02. The van der Waals surface area contributed by atoms with Gasteiger partial charge in [0.15, 0.2) is 5.78 Å². The second kappa shape index (κ2) is 6.24. The molecule has 0 aliphatic heterocycles. The second-order valence-electron chi connectivity index (χ2n) is 3.62. The average Bonchev–Trinajstić information content (AvgIpc) is 2.25. The predicted molar refractivity (Wildman–Crippen MR) is 66.3 cm³/mol. The van der Waals surface area contributed by atoms with Gasteiger partial charge in [0.1, 0.15) is 6.10 Å². The number of unbranched alkanes of at least 4 members (excludes halogenated alkanes) is 1. The lowest BCUT2D eigenvalue weighted by Crippen LogP contribution is -2.21. The van der Waals surface area contributed by atoms with Crippen LogP contribution in [0.15, 0.2) is 18.2 Å². The van der Waals surface area contributed by atoms with E-state index >= 15 is 0 Å². The first kappa shape index (κ1) is 13.5. The molecule has 0 radical (unpaired) electrons. The summed E-state index contributed by atoms with van der Waals surface area (Å²) in [6.07, 6.45) is 1.16. The van der Waals surface area contributed by atoms with Crippen molar-refractivity contribution in [2.75, 3.05) is 0 Å². The Hall–Kier alpha value is -0.570. The van der Waals surface area contributed by atoms with E-state index in [2.05, 4.69) is 0 Å². The highest BCUT2D eigenvalue weighted by molar-refractivity contribution is 6.40. The van der Waals surface area contributed by atoms with E-state index in [1.807, 2.05) is 6.92 Å². The lowest BCUT2D eigenvalue weighted by Gasteiger charge is -2.11. The Labute approximate surface area is 105 Å². The van der Waals surface area contributed by atoms with Crippen LogP contribution in [0.25, 0.3) is 0 Å². The molecule has 16 heavy (non-hydrogen) atoms. The summed E-state index contributed by atoms with van der Waals surface area (Å²) in [6.45, 7) is 2.00. The summed E-state index contributed by atoms with van der Waals surface area (Å²) in [6, 6.07) is 4.85. The van der Waals surface area contributed by atoms with Crippen LogP contribution >= 0.6 is 23.2 Å². The summed E-state index contributed by atoms with van der Waals surface area (Å²) in [5.74, 6) is -0.399. The fourth-order valence-corrected chi connectivity index (χ4v) is 2.01. The van der Waals surface area contributed by atoms with Gasteiger partial charge < -0.3 is 5.11 Å². The monoisotopic (exact) mass is 260 g/mol. The summed E-state index contributed by atoms with van der Waals surface area (Å²) >= 11 is 11.8. The highest BCUT2D eigenvalue weighted by atomic mass is 35.5. The van der Waals surface area contributed by atoms with Crippen molar-refractivity contribution >= 4 is 29.0 Å². The van der Waals surface area contributed by atoms with E-state index < -0.39 is 11.9 Å². The number of aliphatic hydroxyl groups is 1. The largest absolute Gasteiger partial charge is 0.385 e. The lowest BCUT2D eigenvalue weighted by molar-refractivity contribution is 0.0726. The summed E-state index contributed by atoms with van der Waals surface area (Å²) in [4.78, 5) is 11.9. The Balaban J connectivity index is 2.87. The molecule has 0 bridgehead atoms. The molecule has 0 aliphatic carbocycles. The molecule has 0 aliphatic rings. The normalized spacial score (nSPS) is 12.5. The van der Waals surface area contributed by atoms with Crippen molar-refractivity contribution in [1.29, 1.82) is 0 Å². The molecule has 0 saturated carbocycles. The van der Waals surface area contributed by atoms with Crippen LogP contribution in [0, 0.1) is 0 Å². The number of carbonyl (C=O) groups is 1. The predicted octanol–water partition coefficient (Wildman–Crippen LogP) is 3.73. The quantitative estimate of drug-likeness (QED) is 0.820. The molecular formula is C12H14Cl2O2. The molecule has 1 atom stereocenters. The van der Waals surface area contributed by atoms with E-state index in [-0.39, 0.29) is 15.6 Å². The first-order valence-electron chi connectivity index (χ1n) is 5.24. The van der Waals surface area contributed by atoms with Crippen LogP contribution in [-0.2, 0) is 0 Å². The molecule has 0 saturated heterocycles. The van der Waals surface area contributed by atoms with Crippen LogP contribution in [0.4, 0.5) is 0 Å². The molecule has 1 aromatic carbocycles. The summed E-state index contributed by atoms with van der Waals surface area (Å²) in [5.41, 5.74) is 0.217. The Morgan fingerprint density at radius 2 is 1.94 bits per heavy atom. The molecule has 0 fully saturated rings. The van der Waals surface area contributed by atoms with Crippen molar-refractivity contribution in [2.24, 2.45) is 0 Å². The summed E-state index contributed by atoms with van der Waals surface area (Å²) in [7, 11) is 0. The van der Waals surface area contributed by atoms with Gasteiger partial charge in [0.25, 0.3) is 0 Å². The van der Waals surface area contributed by atoms with Crippen molar-refractivity contribution in [3.8, 4) is 0 Å². The van der Waals surface area contributed by atoms with Crippen molar-refractivity contribution in [3.63, 3.8) is 0 Å². The number of hydrogen-bond donors (Lipinski definition) is 1. The lowest BCUT2D eigenvalue weighted by atomic mass is 10.0. The van der Waals surface area contributed by atoms with E-state index in [0.717, 1.165) is 12.8 Å². The number of aliphatic hydroxyl groups excluding tert-OH is 1. The van der Waals surface area contributed by atoms with E-state index in [4.69, 9.17) is 23.2 Å². The van der Waals surface area contributed by atoms with Gasteiger partial charge in [0.2, 0.25) is 0 Å². The van der Waals surface area contributed by atoms with E-state index in [1.165, 1.54) is 0 Å². The van der Waals surface area contributed by atoms with Crippen LogP contribution in [0.5, 0.6) is 0 Å². The van der Waals surface area contributed by atoms with E-state index in [9.17, 15) is 9.90 Å². The molecule has 1 aromatic rings. The maximum Gasteiger partial charge on any atom is 0.194 e. The first-order valence-corrected chi connectivity index (χ1v) is 5.99. The van der Waals surface area contributed by atoms with Crippen molar-refractivity contribution in [2.45, 2.75) is 32.3 Å². The summed E-state index contributed by atoms with van der Waals surface area (Å²) < 4.78 is 0. The number of Topliss-reactive ketones (excluding diaryl/α,β-unsaturated/α-hetero) is 1. The van der Waals surface area contributed by atoms with Gasteiger partial charge in [-0.2, -0.15) is 0 Å². The maximum atomic E-state index is 11.9. The SMILES string of the molecule is CCCC[C@@H](O)C(=O)c1c(Cl)cccc1Cl. The molecule has 1 rings (SSSR count). The second-order valence-corrected chi connectivity index (χ2v) is 4.43. The van der Waals surface area contributed by atoms with Crippen molar-refractivity contribution in [1.82, 2.24) is 0 Å². The topological polar surface area (TPSA) is 37.3 Å². The van der Waals surface area contributed by atoms with Crippen LogP contribution in [0.1, 0.15) is 36.5 Å². The zero-order valence-corrected chi connectivity index (χ0v) is 10.6. The van der Waals surface area contributed by atoms with Gasteiger partial charge in [0, 0.05) is 0 Å². The highest BCUT2D eigenvalue weighted by Crippen LogP contribution is 2.26. The highest BCUT2D eigenvalue weighted by Gasteiger charge is 2.21. The number of halogens is 2. The Morgan fingerprint density at radius 3 is 2.44 bits per heavy atom. The van der Waals surface area contributed by atoms with Gasteiger partial charge in [-0.25, -0.2) is 0 Å². The maximum absolute atomic E-state index is 11.9. The molecule has 0 unspecified atom stereocenters. The van der Waals surface area contributed by atoms with Gasteiger partial charge in [0.05, 0.1) is 15.6 Å². The molecule has 88 valence electrons. The van der Waals surface area contributed by atoms with Crippen LogP contribution in [0.2, 0.25) is 10.0 Å². The standard InChI is InChI=1S/C12H14Cl2O2/c1-2-3-7-10(15)12(16)11-8(13)5-4-6-9(11)14/h4-6,10,15H,2-3,7H2,1H3/t10-/m1/s1. The first-order chi connectivity index (χ1) is 7.57. The Kier molecular flexibility index (Phi) is 5.26. The van der Waals surface area contributed by atoms with Crippen molar-refractivity contribution in [3.05, 3.63) is 33.8 Å². The third kappa shape index (κ3) is 3.21. The van der Waals surface area contributed by atoms with Crippen molar-refractivity contribution < 1.29 is 9.90 Å². The van der Waals surface area contributed by atoms with Gasteiger partial charge in [-0.15, -0.1) is 0 Å². The van der Waals surface area contributed by atoms with E-state index in [1.54, 1.807) is 18.2 Å². The number of benzene rings is 1. The fourth-order valence-electron chi connectivity index (χ4n) is 1.43. The van der Waals surface area contributed by atoms with Crippen LogP contribution in [-0.4, -0.2) is 17.0 Å². The minimum Gasteiger partial charge on any atom is -0.385 e. The zero-order chi connectivity index (χ0) is 12.1. The molecule has 0 heterocycles. The smallest absolute Gasteiger partial charge is 0.194 e. The molecule has 1 N–H and O–H groups in total. The Morgan fingerprint density at radius 1 is 1.38 bits per heavy atom. The molecule has 4 heteroatoms. The fraction of sp³-hybridized carbons (Fsp3) is 0.417. The van der Waals surface area contributed by atoms with Gasteiger partial charge in [-0.05, 0) is 18.6 Å². The molecular weight excluding hydrogens is 247 g/mol. The van der Waals surface area contributed by atoms with E-state index in [0.29, 0.717) is 6.42 Å². The minimum absolute atomic E-state index is 0.217. The van der Waals surface area contributed by atoms with Gasteiger partial charge >= 0.3 is 0 Å². The third-order valence-electron chi connectivity index (χ3n) is 2.34. The number of ketones is 1. The number of rotatable bonds is 5.